The summed E-state index contributed by atoms with van der Waals surface area (Å²) in [6.45, 7) is 2.20. The molecule has 0 unspecified atom stereocenters. The number of hydrogen-bond donors (Lipinski definition) is 1. The molecule has 4 rings (SSSR count). The molecule has 14 heteroatoms. The Morgan fingerprint density at radius 1 is 1.06 bits per heavy atom. The Bertz CT molecular complexity index is 1490. The van der Waals surface area contributed by atoms with Crippen LogP contribution < -0.4 is 10.2 Å². The van der Waals surface area contributed by atoms with Crippen LogP contribution in [0.4, 0.5) is 27.6 Å². The van der Waals surface area contributed by atoms with Gasteiger partial charge < -0.3 is 15.0 Å². The van der Waals surface area contributed by atoms with Crippen LogP contribution in [-0.4, -0.2) is 76.1 Å². The highest BCUT2D eigenvalue weighted by Crippen LogP contribution is 2.40. The molecule has 1 saturated carbocycles. The van der Waals surface area contributed by atoms with Crippen LogP contribution in [-0.2, 0) is 14.6 Å². The van der Waals surface area contributed by atoms with E-state index < -0.39 is 40.5 Å². The van der Waals surface area contributed by atoms with Crippen molar-refractivity contribution in [2.45, 2.75) is 88.2 Å². The maximum atomic E-state index is 13.2. The summed E-state index contributed by atoms with van der Waals surface area (Å²) >= 11 is 0. The second-order valence-electron chi connectivity index (χ2n) is 12.5. The van der Waals surface area contributed by atoms with Gasteiger partial charge in [0.25, 0.3) is 5.91 Å². The number of sulfone groups is 1. The van der Waals surface area contributed by atoms with Crippen molar-refractivity contribution < 1.29 is 39.9 Å². The third-order valence-electron chi connectivity index (χ3n) is 9.62. The van der Waals surface area contributed by atoms with E-state index in [2.05, 4.69) is 10.2 Å². The number of rotatable bonds is 14. The standard InChI is InChI=1S/C34H43F5N4O4S/c1-3-42(20-23-5-11-26(12-6-23)34(37,38)39)28-19-29(22-47-33(35)36)43(21-28)27-13-7-25(8-14-27)32(44)41-31(17-18-40)24-9-15-30(16-10-24)48(45,46)4-2/h7-10,13-16,23,26,28-29,31,33H,3-6,11-12,17,19-22H2,1-2H3,(H,41,44)/t23-,26-,28-,29-,31-/m0/s1. The van der Waals surface area contributed by atoms with Crippen molar-refractivity contribution in [3.63, 3.8) is 0 Å². The highest BCUT2D eigenvalue weighted by molar-refractivity contribution is 7.91. The highest BCUT2D eigenvalue weighted by atomic mass is 32.2. The van der Waals surface area contributed by atoms with Crippen LogP contribution in [0.25, 0.3) is 0 Å². The zero-order chi connectivity index (χ0) is 35.1. The van der Waals surface area contributed by atoms with Crippen molar-refractivity contribution in [3.05, 3.63) is 59.7 Å². The molecular weight excluding hydrogens is 655 g/mol. The first-order valence-electron chi connectivity index (χ1n) is 16.3. The van der Waals surface area contributed by atoms with Gasteiger partial charge in [-0.1, -0.05) is 26.0 Å². The minimum Gasteiger partial charge on any atom is -0.365 e. The lowest BCUT2D eigenvalue weighted by molar-refractivity contribution is -0.184. The van der Waals surface area contributed by atoms with Gasteiger partial charge in [0.2, 0.25) is 0 Å². The molecule has 1 heterocycles. The number of nitrogens with zero attached hydrogens (tertiary/aromatic N) is 3. The second-order valence-corrected chi connectivity index (χ2v) is 14.8. The molecule has 8 nitrogen and oxygen atoms in total. The maximum absolute atomic E-state index is 13.2. The van der Waals surface area contributed by atoms with Crippen LogP contribution in [0.5, 0.6) is 0 Å². The van der Waals surface area contributed by atoms with E-state index in [4.69, 9.17) is 4.74 Å². The van der Waals surface area contributed by atoms with Gasteiger partial charge >= 0.3 is 12.8 Å². The predicted octanol–water partition coefficient (Wildman–Crippen LogP) is 6.74. The molecule has 2 aromatic carbocycles. The van der Waals surface area contributed by atoms with Crippen molar-refractivity contribution in [2.75, 3.05) is 36.9 Å². The van der Waals surface area contributed by atoms with Crippen molar-refractivity contribution in [1.82, 2.24) is 10.2 Å². The Kier molecular flexibility index (Phi) is 12.8. The number of nitrogens with one attached hydrogen (secondary N) is 1. The molecule has 2 aliphatic rings. The van der Waals surface area contributed by atoms with Crippen LogP contribution in [0.3, 0.4) is 0 Å². The number of benzene rings is 2. The number of hydrogen-bond acceptors (Lipinski definition) is 7. The molecule has 2 aromatic rings. The summed E-state index contributed by atoms with van der Waals surface area (Å²) in [4.78, 5) is 17.6. The third-order valence-corrected chi connectivity index (χ3v) is 11.4. The molecular formula is C34H43F5N4O4S. The lowest BCUT2D eigenvalue weighted by atomic mass is 9.81. The molecule has 1 saturated heterocycles. The summed E-state index contributed by atoms with van der Waals surface area (Å²) < 4.78 is 94.7. The van der Waals surface area contributed by atoms with Crippen molar-refractivity contribution >= 4 is 21.4 Å². The number of carbonyl (C=O) groups is 1. The van der Waals surface area contributed by atoms with Crippen molar-refractivity contribution in [1.29, 1.82) is 5.26 Å². The molecule has 264 valence electrons. The van der Waals surface area contributed by atoms with Crippen molar-refractivity contribution in [3.8, 4) is 6.07 Å². The fourth-order valence-electron chi connectivity index (χ4n) is 6.82. The van der Waals surface area contributed by atoms with E-state index >= 15 is 0 Å². The average Bonchev–Trinajstić information content (AvgIpc) is 3.50. The Balaban J connectivity index is 1.43. The summed E-state index contributed by atoms with van der Waals surface area (Å²) in [5.74, 6) is -1.60. The Labute approximate surface area is 279 Å². The van der Waals surface area contributed by atoms with Crippen LogP contribution in [0.1, 0.15) is 74.3 Å². The Morgan fingerprint density at radius 2 is 1.71 bits per heavy atom. The molecule has 3 atom stereocenters. The van der Waals surface area contributed by atoms with Crippen molar-refractivity contribution in [2.24, 2.45) is 11.8 Å². The number of nitriles is 1. The lowest BCUT2D eigenvalue weighted by Crippen LogP contribution is -2.41. The van der Waals surface area contributed by atoms with Crippen LogP contribution in [0.2, 0.25) is 0 Å². The number of anilines is 1. The predicted molar refractivity (Wildman–Crippen MR) is 171 cm³/mol. The van der Waals surface area contributed by atoms with E-state index in [1.165, 1.54) is 12.1 Å². The lowest BCUT2D eigenvalue weighted by Gasteiger charge is -2.35. The zero-order valence-corrected chi connectivity index (χ0v) is 28.0. The van der Waals surface area contributed by atoms with Crippen LogP contribution in [0, 0.1) is 23.2 Å². The first-order valence-corrected chi connectivity index (χ1v) is 18.0. The fourth-order valence-corrected chi connectivity index (χ4v) is 7.70. The quantitative estimate of drug-likeness (QED) is 0.218. The van der Waals surface area contributed by atoms with E-state index in [0.717, 1.165) is 0 Å². The van der Waals surface area contributed by atoms with Gasteiger partial charge in [-0.15, -0.1) is 0 Å². The van der Waals surface area contributed by atoms with Gasteiger partial charge in [0.05, 0.1) is 47.7 Å². The third kappa shape index (κ3) is 9.66. The van der Waals surface area contributed by atoms with Gasteiger partial charge in [-0.25, -0.2) is 8.42 Å². The van der Waals surface area contributed by atoms with E-state index in [9.17, 15) is 40.4 Å². The molecule has 1 amide bonds. The molecule has 0 bridgehead atoms. The molecule has 0 spiro atoms. The minimum atomic E-state index is -4.17. The normalized spacial score (nSPS) is 22.5. The van der Waals surface area contributed by atoms with E-state index in [1.54, 1.807) is 43.3 Å². The second kappa shape index (κ2) is 16.4. The van der Waals surface area contributed by atoms with Crippen LogP contribution >= 0.6 is 0 Å². The molecule has 0 radical (unpaired) electrons. The summed E-state index contributed by atoms with van der Waals surface area (Å²) in [6, 6.07) is 13.7. The summed E-state index contributed by atoms with van der Waals surface area (Å²) in [5.41, 5.74) is 1.60. The molecule has 1 aliphatic carbocycles. The summed E-state index contributed by atoms with van der Waals surface area (Å²) in [6.07, 6.45) is -2.42. The molecule has 0 aromatic heterocycles. The Hall–Kier alpha value is -3.28. The Morgan fingerprint density at radius 3 is 2.25 bits per heavy atom. The maximum Gasteiger partial charge on any atom is 0.391 e. The number of amides is 1. The average molecular weight is 699 g/mol. The first kappa shape index (κ1) is 37.5. The zero-order valence-electron chi connectivity index (χ0n) is 27.1. The minimum absolute atomic E-state index is 0.0185. The SMILES string of the molecule is CCN(C[C@H]1CC[C@H](C(F)(F)F)CC1)[C@H]1C[C@@H](COC(F)F)N(c2ccc(C(=O)N[C@@H](CC#N)c3ccc(S(=O)(=O)CC)cc3)cc2)C1. The van der Waals surface area contributed by atoms with Crippen LogP contribution in [0.15, 0.2) is 53.4 Å². The largest absolute Gasteiger partial charge is 0.391 e. The smallest absolute Gasteiger partial charge is 0.365 e. The van der Waals surface area contributed by atoms with E-state index in [1.807, 2.05) is 17.9 Å². The number of halogens is 5. The highest BCUT2D eigenvalue weighted by Gasteiger charge is 2.42. The summed E-state index contributed by atoms with van der Waals surface area (Å²) in [7, 11) is -3.40. The topological polar surface area (TPSA) is 103 Å². The summed E-state index contributed by atoms with van der Waals surface area (Å²) in [5, 5.41) is 12.2. The molecule has 1 N–H and O–H groups in total. The van der Waals surface area contributed by atoms with Gasteiger partial charge in [-0.2, -0.15) is 27.2 Å². The first-order chi connectivity index (χ1) is 22.7. The van der Waals surface area contributed by atoms with E-state index in [-0.39, 0.29) is 54.5 Å². The number of alkyl halides is 5. The fraction of sp³-hybridized carbons (Fsp3) is 0.588. The van der Waals surface area contributed by atoms with Gasteiger partial charge in [0.15, 0.2) is 9.84 Å². The molecule has 2 fully saturated rings. The number of carbonyl (C=O) groups excluding carboxylic acids is 1. The number of ether oxygens (including phenoxy) is 1. The van der Waals surface area contributed by atoms with Gasteiger partial charge in [0, 0.05) is 30.4 Å². The number of likely N-dealkylation sites (N-methyl/N-ethyl adjacent to an activating group) is 1. The van der Waals surface area contributed by atoms with Gasteiger partial charge in [-0.3, -0.25) is 9.69 Å². The van der Waals surface area contributed by atoms with Gasteiger partial charge in [0.1, 0.15) is 0 Å². The van der Waals surface area contributed by atoms with Gasteiger partial charge in [-0.05, 0) is 86.5 Å². The molecule has 48 heavy (non-hydrogen) atoms. The monoisotopic (exact) mass is 698 g/mol. The van der Waals surface area contributed by atoms with E-state index in [0.29, 0.717) is 55.7 Å². The molecule has 1 aliphatic heterocycles.